The van der Waals surface area contributed by atoms with Crippen LogP contribution in [0.1, 0.15) is 33.6 Å². The first-order chi connectivity index (χ1) is 9.69. The van der Waals surface area contributed by atoms with E-state index in [0.717, 1.165) is 19.4 Å². The van der Waals surface area contributed by atoms with Crippen LogP contribution in [-0.2, 0) is 4.74 Å². The number of hydrogen-bond acceptors (Lipinski definition) is 7. The van der Waals surface area contributed by atoms with E-state index in [2.05, 4.69) is 27.2 Å². The van der Waals surface area contributed by atoms with Crippen molar-refractivity contribution in [3.05, 3.63) is 0 Å². The van der Waals surface area contributed by atoms with Gasteiger partial charge in [0.2, 0.25) is 5.95 Å². The lowest BCUT2D eigenvalue weighted by molar-refractivity contribution is 0.0846. The van der Waals surface area contributed by atoms with Gasteiger partial charge in [-0.3, -0.25) is 0 Å². The molecule has 1 aromatic heterocycles. The van der Waals surface area contributed by atoms with Crippen molar-refractivity contribution >= 4 is 5.95 Å². The van der Waals surface area contributed by atoms with Crippen LogP contribution in [0.2, 0.25) is 0 Å². The second kappa shape index (κ2) is 9.30. The van der Waals surface area contributed by atoms with Gasteiger partial charge in [0.05, 0.1) is 13.2 Å². The number of rotatable bonds is 10. The van der Waals surface area contributed by atoms with Gasteiger partial charge in [-0.15, -0.1) is 4.98 Å². The van der Waals surface area contributed by atoms with Crippen LogP contribution in [0, 0.1) is 0 Å². The predicted molar refractivity (Wildman–Crippen MR) is 76.4 cm³/mol. The molecule has 114 valence electrons. The molecule has 0 spiro atoms. The standard InChI is InChI=1S/C13H24N4O3/c1-5-7-14-11-15-12(19-8-6-2)17-13(16-11)20-10(3)9-18-4/h10H,5-9H2,1-4H3,(H,14,15,16,17). The van der Waals surface area contributed by atoms with Crippen LogP contribution in [0.15, 0.2) is 0 Å². The SMILES string of the molecule is CCCNc1nc(OCCC)nc(OC(C)COC)n1. The van der Waals surface area contributed by atoms with Gasteiger partial charge in [-0.1, -0.05) is 13.8 Å². The van der Waals surface area contributed by atoms with Crippen LogP contribution in [-0.4, -0.2) is 47.9 Å². The van der Waals surface area contributed by atoms with Crippen molar-refractivity contribution in [2.24, 2.45) is 0 Å². The molecule has 20 heavy (non-hydrogen) atoms. The van der Waals surface area contributed by atoms with Gasteiger partial charge in [-0.05, 0) is 19.8 Å². The van der Waals surface area contributed by atoms with Gasteiger partial charge >= 0.3 is 12.0 Å². The third kappa shape index (κ3) is 6.01. The van der Waals surface area contributed by atoms with E-state index < -0.39 is 0 Å². The monoisotopic (exact) mass is 284 g/mol. The Morgan fingerprint density at radius 1 is 1.10 bits per heavy atom. The van der Waals surface area contributed by atoms with Crippen LogP contribution >= 0.6 is 0 Å². The Bertz CT molecular complexity index is 364. The fourth-order valence-corrected chi connectivity index (χ4v) is 1.41. The summed E-state index contributed by atoms with van der Waals surface area (Å²) in [6.45, 7) is 7.79. The lowest BCUT2D eigenvalue weighted by Crippen LogP contribution is -2.20. The van der Waals surface area contributed by atoms with E-state index in [1.807, 2.05) is 13.8 Å². The number of anilines is 1. The smallest absolute Gasteiger partial charge is 0.324 e. The quantitative estimate of drug-likeness (QED) is 0.703. The zero-order chi connectivity index (χ0) is 14.8. The summed E-state index contributed by atoms with van der Waals surface area (Å²) in [5.41, 5.74) is 0. The molecule has 1 aromatic rings. The highest BCUT2D eigenvalue weighted by molar-refractivity contribution is 5.27. The summed E-state index contributed by atoms with van der Waals surface area (Å²) >= 11 is 0. The lowest BCUT2D eigenvalue weighted by Gasteiger charge is -2.13. The molecule has 0 aliphatic heterocycles. The van der Waals surface area contributed by atoms with E-state index in [1.54, 1.807) is 7.11 Å². The van der Waals surface area contributed by atoms with Crippen LogP contribution in [0.25, 0.3) is 0 Å². The van der Waals surface area contributed by atoms with E-state index in [-0.39, 0.29) is 18.1 Å². The van der Waals surface area contributed by atoms with Crippen molar-refractivity contribution < 1.29 is 14.2 Å². The number of methoxy groups -OCH3 is 1. The van der Waals surface area contributed by atoms with Crippen LogP contribution < -0.4 is 14.8 Å². The Balaban J connectivity index is 2.78. The molecule has 0 fully saturated rings. The van der Waals surface area contributed by atoms with Crippen molar-refractivity contribution in [2.75, 3.05) is 32.2 Å². The minimum atomic E-state index is -0.138. The summed E-state index contributed by atoms with van der Waals surface area (Å²) in [4.78, 5) is 12.5. The Hall–Kier alpha value is -1.63. The number of nitrogens with one attached hydrogen (secondary N) is 1. The molecule has 0 aromatic carbocycles. The summed E-state index contributed by atoms with van der Waals surface area (Å²) in [6, 6.07) is 0.523. The first kappa shape index (κ1) is 16.4. The van der Waals surface area contributed by atoms with Crippen LogP contribution in [0.3, 0.4) is 0 Å². The minimum Gasteiger partial charge on any atom is -0.463 e. The van der Waals surface area contributed by atoms with Gasteiger partial charge in [-0.2, -0.15) is 9.97 Å². The van der Waals surface area contributed by atoms with Crippen molar-refractivity contribution in [3.63, 3.8) is 0 Å². The van der Waals surface area contributed by atoms with Crippen molar-refractivity contribution in [2.45, 2.75) is 39.7 Å². The lowest BCUT2D eigenvalue weighted by atomic mass is 10.4. The van der Waals surface area contributed by atoms with Gasteiger partial charge in [0.15, 0.2) is 0 Å². The highest BCUT2D eigenvalue weighted by Gasteiger charge is 2.11. The third-order valence-corrected chi connectivity index (χ3v) is 2.27. The Morgan fingerprint density at radius 2 is 1.85 bits per heavy atom. The van der Waals surface area contributed by atoms with Crippen molar-refractivity contribution in [1.82, 2.24) is 15.0 Å². The zero-order valence-corrected chi connectivity index (χ0v) is 12.7. The largest absolute Gasteiger partial charge is 0.463 e. The molecule has 1 rings (SSSR count). The van der Waals surface area contributed by atoms with Crippen LogP contribution in [0.5, 0.6) is 12.0 Å². The second-order valence-electron chi connectivity index (χ2n) is 4.38. The molecule has 0 saturated heterocycles. The highest BCUT2D eigenvalue weighted by atomic mass is 16.5. The first-order valence-electron chi connectivity index (χ1n) is 6.97. The molecule has 0 saturated carbocycles. The number of ether oxygens (including phenoxy) is 3. The first-order valence-corrected chi connectivity index (χ1v) is 6.97. The van der Waals surface area contributed by atoms with Gasteiger partial charge in [-0.25, -0.2) is 0 Å². The molecule has 0 aliphatic rings. The summed E-state index contributed by atoms with van der Waals surface area (Å²) in [7, 11) is 1.62. The van der Waals surface area contributed by atoms with Gasteiger partial charge in [0.25, 0.3) is 0 Å². The Labute approximate surface area is 120 Å². The normalized spacial score (nSPS) is 12.0. The fourth-order valence-electron chi connectivity index (χ4n) is 1.41. The van der Waals surface area contributed by atoms with Crippen molar-refractivity contribution in [3.8, 4) is 12.0 Å². The minimum absolute atomic E-state index is 0.138. The summed E-state index contributed by atoms with van der Waals surface area (Å²) < 4.78 is 16.1. The van der Waals surface area contributed by atoms with E-state index in [9.17, 15) is 0 Å². The maximum atomic E-state index is 5.59. The molecule has 1 atom stereocenters. The van der Waals surface area contributed by atoms with E-state index in [4.69, 9.17) is 14.2 Å². The van der Waals surface area contributed by atoms with Gasteiger partial charge in [0.1, 0.15) is 6.10 Å². The van der Waals surface area contributed by atoms with Gasteiger partial charge < -0.3 is 19.5 Å². The average Bonchev–Trinajstić information content (AvgIpc) is 2.43. The van der Waals surface area contributed by atoms with E-state index in [1.165, 1.54) is 0 Å². The molecule has 0 radical (unpaired) electrons. The van der Waals surface area contributed by atoms with E-state index in [0.29, 0.717) is 19.2 Å². The van der Waals surface area contributed by atoms with Crippen LogP contribution in [0.4, 0.5) is 5.95 Å². The van der Waals surface area contributed by atoms with Gasteiger partial charge in [0, 0.05) is 13.7 Å². The molecule has 1 heterocycles. The van der Waals surface area contributed by atoms with Crippen molar-refractivity contribution in [1.29, 1.82) is 0 Å². The molecule has 1 unspecified atom stereocenters. The molecule has 7 nitrogen and oxygen atoms in total. The number of aromatic nitrogens is 3. The fraction of sp³-hybridized carbons (Fsp3) is 0.769. The summed E-state index contributed by atoms with van der Waals surface area (Å²) in [6.07, 6.45) is 1.73. The molecular formula is C13H24N4O3. The number of nitrogens with zero attached hydrogens (tertiary/aromatic N) is 3. The Kier molecular flexibility index (Phi) is 7.64. The summed E-state index contributed by atoms with van der Waals surface area (Å²) in [5, 5.41) is 3.10. The highest BCUT2D eigenvalue weighted by Crippen LogP contribution is 2.14. The Morgan fingerprint density at radius 3 is 2.50 bits per heavy atom. The zero-order valence-electron chi connectivity index (χ0n) is 12.7. The summed E-state index contributed by atoms with van der Waals surface area (Å²) in [5.74, 6) is 0.465. The molecular weight excluding hydrogens is 260 g/mol. The molecule has 0 amide bonds. The maximum absolute atomic E-state index is 5.59. The molecule has 0 aliphatic carbocycles. The molecule has 7 heteroatoms. The average molecular weight is 284 g/mol. The third-order valence-electron chi connectivity index (χ3n) is 2.27. The van der Waals surface area contributed by atoms with E-state index >= 15 is 0 Å². The second-order valence-corrected chi connectivity index (χ2v) is 4.38. The predicted octanol–water partition coefficient (Wildman–Crippen LogP) is 1.90. The number of hydrogen-bond donors (Lipinski definition) is 1. The maximum Gasteiger partial charge on any atom is 0.324 e. The molecule has 1 N–H and O–H groups in total. The molecule has 0 bridgehead atoms. The topological polar surface area (TPSA) is 78.4 Å².